The van der Waals surface area contributed by atoms with E-state index < -0.39 is 0 Å². The maximum atomic E-state index is 12.7. The number of carbonyl (C=O) groups is 1. The third-order valence-electron chi connectivity index (χ3n) is 4.93. The average molecular weight is 309 g/mol. The Bertz CT molecular complexity index is 520. The first-order valence-corrected chi connectivity index (χ1v) is 7.65. The number of rotatable bonds is 2. The molecule has 2 atom stereocenters. The Morgan fingerprint density at radius 2 is 1.81 bits per heavy atom. The minimum atomic E-state index is 0. The molecular formula is C17H25ClN2O. The Labute approximate surface area is 133 Å². The second-order valence-corrected chi connectivity index (χ2v) is 6.50. The molecule has 1 amide bonds. The van der Waals surface area contributed by atoms with Crippen LogP contribution in [0.25, 0.3) is 0 Å². The van der Waals surface area contributed by atoms with E-state index in [4.69, 9.17) is 0 Å². The van der Waals surface area contributed by atoms with Crippen LogP contribution in [0.15, 0.2) is 18.2 Å². The molecule has 0 spiro atoms. The molecule has 1 aromatic rings. The Morgan fingerprint density at radius 3 is 2.38 bits per heavy atom. The summed E-state index contributed by atoms with van der Waals surface area (Å²) in [5.74, 6) is 0.175. The van der Waals surface area contributed by atoms with Crippen molar-refractivity contribution >= 4 is 18.3 Å². The van der Waals surface area contributed by atoms with Crippen LogP contribution in [0.4, 0.5) is 0 Å². The largest absolute Gasteiger partial charge is 0.339 e. The lowest BCUT2D eigenvalue weighted by Crippen LogP contribution is -2.48. The van der Waals surface area contributed by atoms with Gasteiger partial charge in [0.25, 0.3) is 5.91 Å². The maximum Gasteiger partial charge on any atom is 0.254 e. The summed E-state index contributed by atoms with van der Waals surface area (Å²) in [6.07, 6.45) is 4.74. The van der Waals surface area contributed by atoms with Gasteiger partial charge in [-0.2, -0.15) is 0 Å². The van der Waals surface area contributed by atoms with Gasteiger partial charge < -0.3 is 10.2 Å². The van der Waals surface area contributed by atoms with Gasteiger partial charge in [-0.25, -0.2) is 0 Å². The van der Waals surface area contributed by atoms with Crippen molar-refractivity contribution in [3.63, 3.8) is 0 Å². The minimum absolute atomic E-state index is 0. The van der Waals surface area contributed by atoms with E-state index in [1.807, 2.05) is 31.0 Å². The molecule has 21 heavy (non-hydrogen) atoms. The highest BCUT2D eigenvalue weighted by Gasteiger charge is 2.36. The van der Waals surface area contributed by atoms with Crippen molar-refractivity contribution < 1.29 is 4.79 Å². The number of halogens is 1. The number of hydrogen-bond donors (Lipinski definition) is 1. The Morgan fingerprint density at radius 1 is 1.19 bits per heavy atom. The van der Waals surface area contributed by atoms with Crippen molar-refractivity contribution in [3.8, 4) is 0 Å². The standard InChI is InChI=1S/C17H24N2O.ClH/c1-11-4-7-16(12(2)8-11)17(20)19(3)15-9-13-5-6-14(10-15)18-13;/h4,7-8,13-15,18H,5-6,9-10H2,1-3H3;1H. The molecule has 2 aliphatic heterocycles. The second kappa shape index (κ2) is 6.37. The van der Waals surface area contributed by atoms with Crippen molar-refractivity contribution in [2.45, 2.75) is 57.7 Å². The van der Waals surface area contributed by atoms with E-state index in [-0.39, 0.29) is 18.3 Å². The summed E-state index contributed by atoms with van der Waals surface area (Å²) in [7, 11) is 1.97. The van der Waals surface area contributed by atoms with Crippen molar-refractivity contribution in [2.75, 3.05) is 7.05 Å². The van der Waals surface area contributed by atoms with Gasteiger partial charge in [-0.3, -0.25) is 4.79 Å². The van der Waals surface area contributed by atoms with E-state index >= 15 is 0 Å². The van der Waals surface area contributed by atoms with Crippen molar-refractivity contribution in [2.24, 2.45) is 0 Å². The van der Waals surface area contributed by atoms with E-state index in [9.17, 15) is 4.79 Å². The van der Waals surface area contributed by atoms with E-state index in [1.165, 1.54) is 18.4 Å². The molecule has 1 N–H and O–H groups in total. The minimum Gasteiger partial charge on any atom is -0.339 e. The normalized spacial score (nSPS) is 27.1. The number of hydrogen-bond acceptors (Lipinski definition) is 2. The predicted molar refractivity (Wildman–Crippen MR) is 88.2 cm³/mol. The lowest BCUT2D eigenvalue weighted by molar-refractivity contribution is 0.0681. The van der Waals surface area contributed by atoms with Gasteiger partial charge in [0.1, 0.15) is 0 Å². The van der Waals surface area contributed by atoms with Crippen molar-refractivity contribution in [3.05, 3.63) is 34.9 Å². The van der Waals surface area contributed by atoms with Crippen LogP contribution < -0.4 is 5.32 Å². The van der Waals surface area contributed by atoms with Crippen molar-refractivity contribution in [1.82, 2.24) is 10.2 Å². The predicted octanol–water partition coefficient (Wildman–Crippen LogP) is 3.08. The smallest absolute Gasteiger partial charge is 0.254 e. The molecule has 3 nitrogen and oxygen atoms in total. The Kier molecular flexibility index (Phi) is 4.95. The summed E-state index contributed by atoms with van der Waals surface area (Å²) >= 11 is 0. The fraction of sp³-hybridized carbons (Fsp3) is 0.588. The van der Waals surface area contributed by atoms with Crippen LogP contribution in [0.1, 0.15) is 47.2 Å². The highest BCUT2D eigenvalue weighted by atomic mass is 35.5. The van der Waals surface area contributed by atoms with Crippen LogP contribution in [0.3, 0.4) is 0 Å². The van der Waals surface area contributed by atoms with Gasteiger partial charge in [-0.05, 0) is 51.2 Å². The number of benzene rings is 1. The number of piperidine rings is 1. The molecular weight excluding hydrogens is 284 g/mol. The monoisotopic (exact) mass is 308 g/mol. The summed E-state index contributed by atoms with van der Waals surface area (Å²) in [5, 5.41) is 3.63. The maximum absolute atomic E-state index is 12.7. The molecule has 116 valence electrons. The first kappa shape index (κ1) is 16.3. The first-order chi connectivity index (χ1) is 9.54. The van der Waals surface area contributed by atoms with Crippen LogP contribution in [0.5, 0.6) is 0 Å². The summed E-state index contributed by atoms with van der Waals surface area (Å²) in [4.78, 5) is 14.7. The van der Waals surface area contributed by atoms with Gasteiger partial charge in [0.2, 0.25) is 0 Å². The van der Waals surface area contributed by atoms with Gasteiger partial charge in [0.05, 0.1) is 0 Å². The number of nitrogens with one attached hydrogen (secondary N) is 1. The van der Waals surface area contributed by atoms with Crippen LogP contribution in [0, 0.1) is 13.8 Å². The topological polar surface area (TPSA) is 32.3 Å². The second-order valence-electron chi connectivity index (χ2n) is 6.50. The number of aryl methyl sites for hydroxylation is 2. The highest BCUT2D eigenvalue weighted by Crippen LogP contribution is 2.30. The number of nitrogens with zero attached hydrogens (tertiary/aromatic N) is 1. The molecule has 0 saturated carbocycles. The van der Waals surface area contributed by atoms with Gasteiger partial charge in [-0.1, -0.05) is 17.7 Å². The Balaban J connectivity index is 0.00000161. The molecule has 2 saturated heterocycles. The fourth-order valence-corrected chi connectivity index (χ4v) is 3.75. The molecule has 2 fully saturated rings. The molecule has 4 heteroatoms. The lowest BCUT2D eigenvalue weighted by Gasteiger charge is -2.35. The third-order valence-corrected chi connectivity index (χ3v) is 4.93. The molecule has 3 rings (SSSR count). The van der Waals surface area contributed by atoms with Crippen LogP contribution >= 0.6 is 12.4 Å². The van der Waals surface area contributed by atoms with E-state index in [0.29, 0.717) is 18.1 Å². The molecule has 0 aromatic heterocycles. The molecule has 2 unspecified atom stereocenters. The lowest BCUT2D eigenvalue weighted by atomic mass is 9.97. The highest BCUT2D eigenvalue weighted by molar-refractivity contribution is 5.95. The van der Waals surface area contributed by atoms with E-state index in [0.717, 1.165) is 24.0 Å². The molecule has 2 aliphatic rings. The number of fused-ring (bicyclic) bond motifs is 2. The zero-order valence-corrected chi connectivity index (χ0v) is 13.9. The summed E-state index contributed by atoms with van der Waals surface area (Å²) in [5.41, 5.74) is 3.14. The molecule has 0 radical (unpaired) electrons. The van der Waals surface area contributed by atoms with Gasteiger partial charge in [0.15, 0.2) is 0 Å². The average Bonchev–Trinajstić information content (AvgIpc) is 2.76. The number of carbonyl (C=O) groups excluding carboxylic acids is 1. The van der Waals surface area contributed by atoms with Gasteiger partial charge in [0, 0.05) is 30.7 Å². The molecule has 2 bridgehead atoms. The van der Waals surface area contributed by atoms with E-state index in [1.54, 1.807) is 0 Å². The summed E-state index contributed by atoms with van der Waals surface area (Å²) < 4.78 is 0. The molecule has 1 aromatic carbocycles. The van der Waals surface area contributed by atoms with Crippen molar-refractivity contribution in [1.29, 1.82) is 0 Å². The van der Waals surface area contributed by atoms with Crippen LogP contribution in [0.2, 0.25) is 0 Å². The molecule has 2 heterocycles. The Hall–Kier alpha value is -1.06. The van der Waals surface area contributed by atoms with E-state index in [2.05, 4.69) is 18.3 Å². The summed E-state index contributed by atoms with van der Waals surface area (Å²) in [6, 6.07) is 7.72. The zero-order valence-electron chi connectivity index (χ0n) is 13.1. The third kappa shape index (κ3) is 3.24. The van der Waals surface area contributed by atoms with Gasteiger partial charge >= 0.3 is 0 Å². The summed E-state index contributed by atoms with van der Waals surface area (Å²) in [6.45, 7) is 4.09. The van der Waals surface area contributed by atoms with Gasteiger partial charge in [-0.15, -0.1) is 12.4 Å². The molecule has 0 aliphatic carbocycles. The SMILES string of the molecule is Cc1ccc(C(=O)N(C)C2CC3CCC(C2)N3)c(C)c1.Cl. The zero-order chi connectivity index (χ0) is 14.3. The quantitative estimate of drug-likeness (QED) is 0.910. The first-order valence-electron chi connectivity index (χ1n) is 7.65. The van der Waals surface area contributed by atoms with Crippen LogP contribution in [-0.4, -0.2) is 36.0 Å². The fourth-order valence-electron chi connectivity index (χ4n) is 3.75. The number of amides is 1. The van der Waals surface area contributed by atoms with Crippen LogP contribution in [-0.2, 0) is 0 Å².